The van der Waals surface area contributed by atoms with Crippen molar-refractivity contribution in [1.82, 2.24) is 9.80 Å². The van der Waals surface area contributed by atoms with Gasteiger partial charge in [-0.05, 0) is 39.0 Å². The molecule has 1 saturated heterocycles. The van der Waals surface area contributed by atoms with E-state index in [4.69, 9.17) is 10.5 Å². The van der Waals surface area contributed by atoms with Gasteiger partial charge >= 0.3 is 0 Å². The maximum atomic E-state index is 5.85. The minimum absolute atomic E-state index is 0.528. The molecule has 1 unspecified atom stereocenters. The summed E-state index contributed by atoms with van der Waals surface area (Å²) in [5.74, 6) is 1.73. The van der Waals surface area contributed by atoms with Gasteiger partial charge in [0.1, 0.15) is 12.4 Å². The summed E-state index contributed by atoms with van der Waals surface area (Å²) in [6.45, 7) is 5.82. The first kappa shape index (κ1) is 15.3. The summed E-state index contributed by atoms with van der Waals surface area (Å²) >= 11 is 0. The van der Waals surface area contributed by atoms with Crippen molar-refractivity contribution in [2.45, 2.75) is 13.0 Å². The molecule has 0 spiro atoms. The summed E-state index contributed by atoms with van der Waals surface area (Å²) in [5.41, 5.74) is 6.79. The van der Waals surface area contributed by atoms with Crippen LogP contribution in [0, 0.1) is 5.92 Å². The Morgan fingerprint density at radius 3 is 2.90 bits per heavy atom. The molecule has 112 valence electrons. The highest BCUT2D eigenvalue weighted by atomic mass is 16.5. The fourth-order valence-electron chi connectivity index (χ4n) is 2.83. The molecule has 1 aliphatic heterocycles. The molecular formula is C16H27N3O. The molecule has 2 N–H and O–H groups in total. The van der Waals surface area contributed by atoms with E-state index >= 15 is 0 Å². The minimum Gasteiger partial charge on any atom is -0.492 e. The Bertz CT molecular complexity index is 410. The monoisotopic (exact) mass is 277 g/mol. The summed E-state index contributed by atoms with van der Waals surface area (Å²) in [7, 11) is 4.38. The molecular weight excluding hydrogens is 250 g/mol. The number of para-hydroxylation sites is 1. The normalized spacial score (nSPS) is 19.7. The quantitative estimate of drug-likeness (QED) is 0.818. The zero-order valence-corrected chi connectivity index (χ0v) is 12.7. The van der Waals surface area contributed by atoms with Crippen molar-refractivity contribution in [3.8, 4) is 5.75 Å². The number of likely N-dealkylation sites (tertiary alicyclic amines) is 1. The Kier molecular flexibility index (Phi) is 5.83. The van der Waals surface area contributed by atoms with Crippen LogP contribution in [0.1, 0.15) is 12.0 Å². The van der Waals surface area contributed by atoms with Gasteiger partial charge in [0.15, 0.2) is 0 Å². The van der Waals surface area contributed by atoms with Gasteiger partial charge in [-0.2, -0.15) is 0 Å². The van der Waals surface area contributed by atoms with E-state index < -0.39 is 0 Å². The van der Waals surface area contributed by atoms with E-state index in [1.54, 1.807) is 0 Å². The fraction of sp³-hybridized carbons (Fsp3) is 0.625. The van der Waals surface area contributed by atoms with Crippen LogP contribution in [0.4, 0.5) is 0 Å². The van der Waals surface area contributed by atoms with Crippen molar-refractivity contribution in [3.05, 3.63) is 29.8 Å². The van der Waals surface area contributed by atoms with Gasteiger partial charge < -0.3 is 20.3 Å². The molecule has 0 radical (unpaired) electrons. The lowest BCUT2D eigenvalue weighted by Crippen LogP contribution is -2.30. The van der Waals surface area contributed by atoms with Crippen LogP contribution in [0.25, 0.3) is 0 Å². The lowest BCUT2D eigenvalue weighted by molar-refractivity contribution is 0.214. The number of benzene rings is 1. The molecule has 0 saturated carbocycles. The number of likely N-dealkylation sites (N-methyl/N-ethyl adjacent to an activating group) is 1. The minimum atomic E-state index is 0.528. The summed E-state index contributed by atoms with van der Waals surface area (Å²) in [5, 5.41) is 0. The Hall–Kier alpha value is -1.10. The van der Waals surface area contributed by atoms with E-state index in [1.807, 2.05) is 24.3 Å². The summed E-state index contributed by atoms with van der Waals surface area (Å²) < 4.78 is 5.85. The van der Waals surface area contributed by atoms with Crippen molar-refractivity contribution in [3.63, 3.8) is 0 Å². The second-order valence-corrected chi connectivity index (χ2v) is 5.84. The molecule has 1 fully saturated rings. The van der Waals surface area contributed by atoms with Crippen LogP contribution in [0.2, 0.25) is 0 Å². The van der Waals surface area contributed by atoms with Crippen molar-refractivity contribution in [2.75, 3.05) is 46.9 Å². The van der Waals surface area contributed by atoms with E-state index in [9.17, 15) is 0 Å². The van der Waals surface area contributed by atoms with Crippen LogP contribution in [0.5, 0.6) is 5.75 Å². The third-order valence-corrected chi connectivity index (χ3v) is 3.98. The van der Waals surface area contributed by atoms with Crippen molar-refractivity contribution in [1.29, 1.82) is 0 Å². The number of hydrogen-bond acceptors (Lipinski definition) is 4. The van der Waals surface area contributed by atoms with Gasteiger partial charge in [-0.1, -0.05) is 18.2 Å². The van der Waals surface area contributed by atoms with Crippen molar-refractivity contribution < 1.29 is 4.74 Å². The van der Waals surface area contributed by atoms with Crippen LogP contribution >= 0.6 is 0 Å². The molecule has 0 aliphatic carbocycles. The van der Waals surface area contributed by atoms with Gasteiger partial charge in [-0.3, -0.25) is 0 Å². The zero-order chi connectivity index (χ0) is 14.4. The summed E-state index contributed by atoms with van der Waals surface area (Å²) in [4.78, 5) is 4.78. The van der Waals surface area contributed by atoms with Crippen molar-refractivity contribution >= 4 is 0 Å². The Morgan fingerprint density at radius 2 is 2.20 bits per heavy atom. The number of ether oxygens (including phenoxy) is 1. The molecule has 1 aromatic rings. The maximum Gasteiger partial charge on any atom is 0.123 e. The molecule has 0 amide bonds. The first-order valence-corrected chi connectivity index (χ1v) is 7.47. The molecule has 0 aromatic heterocycles. The fourth-order valence-corrected chi connectivity index (χ4v) is 2.83. The molecule has 1 aromatic carbocycles. The predicted octanol–water partition coefficient (Wildman–Crippen LogP) is 1.41. The number of hydrogen-bond donors (Lipinski definition) is 1. The maximum absolute atomic E-state index is 5.85. The van der Waals surface area contributed by atoms with Crippen molar-refractivity contribution in [2.24, 2.45) is 11.7 Å². The van der Waals surface area contributed by atoms with Gasteiger partial charge in [0.05, 0.1) is 0 Å². The molecule has 20 heavy (non-hydrogen) atoms. The first-order valence-electron chi connectivity index (χ1n) is 7.47. The van der Waals surface area contributed by atoms with Crippen LogP contribution in [0.3, 0.4) is 0 Å². The zero-order valence-electron chi connectivity index (χ0n) is 12.7. The van der Waals surface area contributed by atoms with Gasteiger partial charge in [0.2, 0.25) is 0 Å². The van der Waals surface area contributed by atoms with Gasteiger partial charge in [-0.15, -0.1) is 0 Å². The molecule has 4 heteroatoms. The molecule has 1 atom stereocenters. The van der Waals surface area contributed by atoms with Crippen LogP contribution in [-0.4, -0.2) is 56.7 Å². The third-order valence-electron chi connectivity index (χ3n) is 3.98. The number of nitrogens with zero attached hydrogens (tertiary/aromatic N) is 2. The second kappa shape index (κ2) is 7.62. The van der Waals surface area contributed by atoms with Crippen LogP contribution < -0.4 is 10.5 Å². The second-order valence-electron chi connectivity index (χ2n) is 5.84. The lowest BCUT2D eigenvalue weighted by atomic mass is 10.1. The predicted molar refractivity (Wildman–Crippen MR) is 82.9 cm³/mol. The van der Waals surface area contributed by atoms with Crippen LogP contribution in [-0.2, 0) is 6.54 Å². The van der Waals surface area contributed by atoms with Gasteiger partial charge in [0, 0.05) is 31.7 Å². The van der Waals surface area contributed by atoms with E-state index in [0.717, 1.165) is 36.9 Å². The summed E-state index contributed by atoms with van der Waals surface area (Å²) in [6, 6.07) is 8.01. The topological polar surface area (TPSA) is 41.7 Å². The SMILES string of the molecule is CN(CCOc1ccccc1CN)CC1CCN(C)C1. The standard InChI is InChI=1S/C16H27N3O/c1-18-8-7-14(12-18)13-19(2)9-10-20-16-6-4-3-5-15(16)11-17/h3-6,14H,7-13,17H2,1-2H3. The van der Waals surface area contributed by atoms with Crippen LogP contribution in [0.15, 0.2) is 24.3 Å². The molecule has 1 heterocycles. The average Bonchev–Trinajstić information content (AvgIpc) is 2.84. The van der Waals surface area contributed by atoms with Gasteiger partial charge in [-0.25, -0.2) is 0 Å². The molecule has 4 nitrogen and oxygen atoms in total. The Balaban J connectivity index is 1.69. The Morgan fingerprint density at radius 1 is 1.40 bits per heavy atom. The van der Waals surface area contributed by atoms with Gasteiger partial charge in [0.25, 0.3) is 0 Å². The molecule has 0 bridgehead atoms. The first-order chi connectivity index (χ1) is 9.69. The molecule has 1 aliphatic rings. The highest BCUT2D eigenvalue weighted by Gasteiger charge is 2.20. The average molecular weight is 277 g/mol. The summed E-state index contributed by atoms with van der Waals surface area (Å²) in [6.07, 6.45) is 1.32. The lowest BCUT2D eigenvalue weighted by Gasteiger charge is -2.21. The van der Waals surface area contributed by atoms with E-state index in [2.05, 4.69) is 23.9 Å². The molecule has 2 rings (SSSR count). The largest absolute Gasteiger partial charge is 0.492 e. The van der Waals surface area contributed by atoms with E-state index in [0.29, 0.717) is 6.54 Å². The number of rotatable bonds is 7. The third kappa shape index (κ3) is 4.47. The van der Waals surface area contributed by atoms with E-state index in [-0.39, 0.29) is 0 Å². The smallest absolute Gasteiger partial charge is 0.123 e. The highest BCUT2D eigenvalue weighted by molar-refractivity contribution is 5.32. The highest BCUT2D eigenvalue weighted by Crippen LogP contribution is 2.17. The Labute approximate surface area is 122 Å². The van der Waals surface area contributed by atoms with E-state index in [1.165, 1.54) is 19.5 Å². The number of nitrogens with two attached hydrogens (primary N) is 1.